The molecule has 0 saturated heterocycles. The zero-order chi connectivity index (χ0) is 13.6. The van der Waals surface area contributed by atoms with E-state index < -0.39 is 7.82 Å². The molecule has 0 spiro atoms. The van der Waals surface area contributed by atoms with Crippen LogP contribution >= 0.6 is 7.82 Å². The van der Waals surface area contributed by atoms with Crippen molar-refractivity contribution in [3.63, 3.8) is 0 Å². The van der Waals surface area contributed by atoms with E-state index in [2.05, 4.69) is 9.84 Å². The Bertz CT molecular complexity index is 437. The molecule has 1 rings (SSSR count). The van der Waals surface area contributed by atoms with E-state index in [0.717, 1.165) is 18.5 Å². The number of likely N-dealkylation sites (N-methyl/N-ethyl adjacent to an activating group) is 1. The van der Waals surface area contributed by atoms with Crippen LogP contribution in [0.2, 0.25) is 0 Å². The van der Waals surface area contributed by atoms with Crippen LogP contribution in [0.5, 0.6) is 11.5 Å². The molecule has 0 saturated carbocycles. The molecular weight excluding hydrogens is 257 g/mol. The van der Waals surface area contributed by atoms with E-state index in [9.17, 15) is 14.6 Å². The SMILES string of the molecule is CCOP(=O)(O)Oc1ccc(CCNC)cc1O. The van der Waals surface area contributed by atoms with Crippen LogP contribution in [-0.2, 0) is 15.5 Å². The third-order valence-electron chi connectivity index (χ3n) is 2.19. The van der Waals surface area contributed by atoms with Gasteiger partial charge in [0.25, 0.3) is 0 Å². The molecule has 1 unspecified atom stereocenters. The minimum Gasteiger partial charge on any atom is -0.504 e. The number of benzene rings is 1. The molecule has 0 aliphatic carbocycles. The molecule has 1 atom stereocenters. The molecule has 0 amide bonds. The van der Waals surface area contributed by atoms with Gasteiger partial charge < -0.3 is 14.9 Å². The number of phenols is 1. The fraction of sp³-hybridized carbons (Fsp3) is 0.455. The molecule has 0 aromatic heterocycles. The van der Waals surface area contributed by atoms with Gasteiger partial charge in [0, 0.05) is 0 Å². The Morgan fingerprint density at radius 1 is 1.44 bits per heavy atom. The zero-order valence-electron chi connectivity index (χ0n) is 10.4. The Balaban J connectivity index is 2.76. The molecule has 0 fully saturated rings. The van der Waals surface area contributed by atoms with Gasteiger partial charge in [-0.1, -0.05) is 6.07 Å². The summed E-state index contributed by atoms with van der Waals surface area (Å²) >= 11 is 0. The molecule has 7 heteroatoms. The molecule has 0 bridgehead atoms. The first-order valence-corrected chi connectivity index (χ1v) is 7.11. The lowest BCUT2D eigenvalue weighted by atomic mass is 10.1. The molecule has 1 aromatic carbocycles. The summed E-state index contributed by atoms with van der Waals surface area (Å²) < 4.78 is 20.7. The first-order valence-electron chi connectivity index (χ1n) is 5.62. The number of phosphoric acid groups is 1. The first-order chi connectivity index (χ1) is 8.48. The highest BCUT2D eigenvalue weighted by atomic mass is 31.2. The van der Waals surface area contributed by atoms with Crippen molar-refractivity contribution >= 4 is 7.82 Å². The van der Waals surface area contributed by atoms with Crippen molar-refractivity contribution in [2.45, 2.75) is 13.3 Å². The molecule has 3 N–H and O–H groups in total. The molecule has 102 valence electrons. The lowest BCUT2D eigenvalue weighted by Gasteiger charge is -2.13. The fourth-order valence-corrected chi connectivity index (χ4v) is 2.16. The van der Waals surface area contributed by atoms with E-state index in [-0.39, 0.29) is 18.1 Å². The topological polar surface area (TPSA) is 88.0 Å². The van der Waals surface area contributed by atoms with Gasteiger partial charge in [-0.3, -0.25) is 9.42 Å². The van der Waals surface area contributed by atoms with Crippen LogP contribution in [-0.4, -0.2) is 30.2 Å². The highest BCUT2D eigenvalue weighted by Crippen LogP contribution is 2.46. The van der Waals surface area contributed by atoms with Gasteiger partial charge in [-0.05, 0) is 44.6 Å². The van der Waals surface area contributed by atoms with Crippen molar-refractivity contribution in [2.75, 3.05) is 20.2 Å². The summed E-state index contributed by atoms with van der Waals surface area (Å²) in [5.74, 6) is -0.250. The van der Waals surface area contributed by atoms with Gasteiger partial charge >= 0.3 is 7.82 Å². The predicted molar refractivity (Wildman–Crippen MR) is 67.8 cm³/mol. The first kappa shape index (κ1) is 15.0. The summed E-state index contributed by atoms with van der Waals surface area (Å²) in [5.41, 5.74) is 0.901. The van der Waals surface area contributed by atoms with Gasteiger partial charge in [0.2, 0.25) is 0 Å². The van der Waals surface area contributed by atoms with E-state index in [4.69, 9.17) is 4.52 Å². The summed E-state index contributed by atoms with van der Waals surface area (Å²) in [6, 6.07) is 4.67. The summed E-state index contributed by atoms with van der Waals surface area (Å²) in [5, 5.41) is 12.7. The zero-order valence-corrected chi connectivity index (χ0v) is 11.3. The quantitative estimate of drug-likeness (QED) is 0.656. The summed E-state index contributed by atoms with van der Waals surface area (Å²) in [4.78, 5) is 9.29. The number of aromatic hydroxyl groups is 1. The average molecular weight is 275 g/mol. The van der Waals surface area contributed by atoms with Crippen LogP contribution in [0.4, 0.5) is 0 Å². The largest absolute Gasteiger partial charge is 0.527 e. The minimum atomic E-state index is -4.15. The second-order valence-corrected chi connectivity index (χ2v) is 5.01. The van der Waals surface area contributed by atoms with E-state index in [1.807, 2.05) is 7.05 Å². The van der Waals surface area contributed by atoms with Crippen LogP contribution in [0, 0.1) is 0 Å². The molecule has 1 aromatic rings. The minimum absolute atomic E-state index is 0.0504. The van der Waals surface area contributed by atoms with Gasteiger partial charge in [-0.2, -0.15) is 0 Å². The molecule has 6 nitrogen and oxygen atoms in total. The molecule has 0 radical (unpaired) electrons. The Labute approximate surface area is 106 Å². The number of nitrogens with one attached hydrogen (secondary N) is 1. The smallest absolute Gasteiger partial charge is 0.504 e. The van der Waals surface area contributed by atoms with Crippen LogP contribution in [0.25, 0.3) is 0 Å². The predicted octanol–water partition coefficient (Wildman–Crippen LogP) is 1.67. The van der Waals surface area contributed by atoms with Crippen molar-refractivity contribution in [3.05, 3.63) is 23.8 Å². The number of phenolic OH excluding ortho intramolecular Hbond substituents is 1. The maximum Gasteiger partial charge on any atom is 0.527 e. The van der Waals surface area contributed by atoms with Crippen LogP contribution in [0.1, 0.15) is 12.5 Å². The van der Waals surface area contributed by atoms with Crippen LogP contribution in [0.15, 0.2) is 18.2 Å². The van der Waals surface area contributed by atoms with Crippen molar-refractivity contribution < 1.29 is 23.6 Å². The molecular formula is C11H18NO5P. The highest BCUT2D eigenvalue weighted by Gasteiger charge is 2.23. The normalized spacial score (nSPS) is 14.2. The maximum atomic E-state index is 11.4. The number of phosphoric ester groups is 1. The van der Waals surface area contributed by atoms with Gasteiger partial charge in [0.15, 0.2) is 11.5 Å². The van der Waals surface area contributed by atoms with Crippen molar-refractivity contribution in [2.24, 2.45) is 0 Å². The van der Waals surface area contributed by atoms with Crippen LogP contribution < -0.4 is 9.84 Å². The van der Waals surface area contributed by atoms with Gasteiger partial charge in [0.1, 0.15) is 0 Å². The summed E-state index contributed by atoms with van der Waals surface area (Å²) in [7, 11) is -2.32. The lowest BCUT2D eigenvalue weighted by molar-refractivity contribution is 0.210. The monoisotopic (exact) mass is 275 g/mol. The Hall–Kier alpha value is -1.07. The Kier molecular flexibility index (Phi) is 5.62. The third-order valence-corrected chi connectivity index (χ3v) is 3.20. The molecule has 0 heterocycles. The van der Waals surface area contributed by atoms with Gasteiger partial charge in [-0.25, -0.2) is 4.57 Å². The lowest BCUT2D eigenvalue weighted by Crippen LogP contribution is -2.10. The number of hydrogen-bond acceptors (Lipinski definition) is 5. The second-order valence-electron chi connectivity index (χ2n) is 3.63. The second kappa shape index (κ2) is 6.75. The van der Waals surface area contributed by atoms with E-state index in [1.165, 1.54) is 12.1 Å². The summed E-state index contributed by atoms with van der Waals surface area (Å²) in [6.45, 7) is 2.40. The average Bonchev–Trinajstić information content (AvgIpc) is 2.29. The number of hydrogen-bond donors (Lipinski definition) is 3. The maximum absolute atomic E-state index is 11.4. The highest BCUT2D eigenvalue weighted by molar-refractivity contribution is 7.47. The van der Waals surface area contributed by atoms with E-state index in [0.29, 0.717) is 0 Å². The molecule has 0 aliphatic rings. The van der Waals surface area contributed by atoms with E-state index >= 15 is 0 Å². The van der Waals surface area contributed by atoms with Gasteiger partial charge in [-0.15, -0.1) is 0 Å². The van der Waals surface area contributed by atoms with Crippen LogP contribution in [0.3, 0.4) is 0 Å². The standard InChI is InChI=1S/C11H18NO5P/c1-3-16-18(14,15)17-11-5-4-9(6-7-12-2)8-10(11)13/h4-5,8,12-13H,3,6-7H2,1-2H3,(H,14,15). The Morgan fingerprint density at radius 3 is 2.72 bits per heavy atom. The fourth-order valence-electron chi connectivity index (χ4n) is 1.38. The van der Waals surface area contributed by atoms with Crippen molar-refractivity contribution in [3.8, 4) is 11.5 Å². The van der Waals surface area contributed by atoms with Crippen molar-refractivity contribution in [1.82, 2.24) is 5.32 Å². The summed E-state index contributed by atoms with van der Waals surface area (Å²) in [6.07, 6.45) is 0.743. The van der Waals surface area contributed by atoms with Gasteiger partial charge in [0.05, 0.1) is 6.61 Å². The molecule has 18 heavy (non-hydrogen) atoms. The Morgan fingerprint density at radius 2 is 2.17 bits per heavy atom. The third kappa shape index (κ3) is 4.66. The van der Waals surface area contributed by atoms with Crippen molar-refractivity contribution in [1.29, 1.82) is 0 Å². The number of rotatable bonds is 7. The van der Waals surface area contributed by atoms with E-state index in [1.54, 1.807) is 13.0 Å². The molecule has 0 aliphatic heterocycles.